The van der Waals surface area contributed by atoms with E-state index in [9.17, 15) is 22.0 Å². The van der Waals surface area contributed by atoms with Crippen LogP contribution in [0.25, 0.3) is 0 Å². The zero-order chi connectivity index (χ0) is 15.1. The lowest BCUT2D eigenvalue weighted by Gasteiger charge is -2.20. The Balaban J connectivity index is 2.57. The highest BCUT2D eigenvalue weighted by molar-refractivity contribution is 7.89. The predicted octanol–water partition coefficient (Wildman–Crippen LogP) is 1.84. The number of sulfonamides is 1. The maximum atomic E-state index is 14.0. The van der Waals surface area contributed by atoms with E-state index in [0.717, 1.165) is 10.4 Å². The Labute approximate surface area is 114 Å². The van der Waals surface area contributed by atoms with Gasteiger partial charge < -0.3 is 5.11 Å². The number of aromatic carboxylic acids is 1. The summed E-state index contributed by atoms with van der Waals surface area (Å²) in [5.41, 5.74) is -1.25. The van der Waals surface area contributed by atoms with E-state index in [1.807, 2.05) is 0 Å². The minimum Gasteiger partial charge on any atom is -0.477 e. The molecule has 0 bridgehead atoms. The number of benzene rings is 1. The molecule has 8 heteroatoms. The average Bonchev–Trinajstić information content (AvgIpc) is 3.13. The Morgan fingerprint density at radius 3 is 2.45 bits per heavy atom. The molecule has 5 nitrogen and oxygen atoms in total. The summed E-state index contributed by atoms with van der Waals surface area (Å²) in [5, 5.41) is 8.77. The molecule has 0 amide bonds. The second kappa shape index (κ2) is 5.10. The number of halogens is 2. The van der Waals surface area contributed by atoms with Crippen LogP contribution in [0.2, 0.25) is 0 Å². The molecule has 0 aromatic heterocycles. The Morgan fingerprint density at radius 1 is 1.40 bits per heavy atom. The normalized spacial score (nSPS) is 15.6. The molecule has 1 aromatic carbocycles. The van der Waals surface area contributed by atoms with Crippen LogP contribution in [0.4, 0.5) is 8.78 Å². The van der Waals surface area contributed by atoms with Crippen LogP contribution in [0.3, 0.4) is 0 Å². The van der Waals surface area contributed by atoms with Gasteiger partial charge in [-0.2, -0.15) is 4.31 Å². The molecule has 1 saturated carbocycles. The summed E-state index contributed by atoms with van der Waals surface area (Å²) < 4.78 is 53.1. The lowest BCUT2D eigenvalue weighted by atomic mass is 10.2. The molecule has 0 spiro atoms. The van der Waals surface area contributed by atoms with Gasteiger partial charge in [-0.05, 0) is 25.0 Å². The summed E-state index contributed by atoms with van der Waals surface area (Å²) in [5.74, 6) is -4.70. The minimum absolute atomic E-state index is 0.145. The number of hydrogen-bond acceptors (Lipinski definition) is 3. The summed E-state index contributed by atoms with van der Waals surface area (Å²) in [6, 6.07) is 1.22. The standard InChI is InChI=1S/C12H13F2NO4S/c1-2-15(7-3-4-7)20(18,19)9-6-5-8(13)10(11(9)14)12(16)17/h5-7H,2-4H2,1H3,(H,16,17). The molecule has 1 fully saturated rings. The monoisotopic (exact) mass is 305 g/mol. The first-order valence-corrected chi connectivity index (χ1v) is 7.47. The number of nitrogens with zero attached hydrogens (tertiary/aromatic N) is 1. The molecule has 1 aliphatic rings. The van der Waals surface area contributed by atoms with Crippen molar-refractivity contribution in [1.29, 1.82) is 0 Å². The number of rotatable bonds is 5. The van der Waals surface area contributed by atoms with Crippen LogP contribution in [0.1, 0.15) is 30.1 Å². The van der Waals surface area contributed by atoms with E-state index in [1.54, 1.807) is 6.92 Å². The maximum Gasteiger partial charge on any atom is 0.341 e. The van der Waals surface area contributed by atoms with Gasteiger partial charge in [0.15, 0.2) is 5.82 Å². The topological polar surface area (TPSA) is 74.7 Å². The van der Waals surface area contributed by atoms with Gasteiger partial charge in [-0.3, -0.25) is 0 Å². The fourth-order valence-electron chi connectivity index (χ4n) is 2.04. The van der Waals surface area contributed by atoms with Gasteiger partial charge in [-0.25, -0.2) is 22.0 Å². The van der Waals surface area contributed by atoms with Crippen molar-refractivity contribution in [1.82, 2.24) is 4.31 Å². The fraction of sp³-hybridized carbons (Fsp3) is 0.417. The number of carbonyl (C=O) groups is 1. The molecule has 0 atom stereocenters. The van der Waals surface area contributed by atoms with Crippen LogP contribution >= 0.6 is 0 Å². The molecular formula is C12H13F2NO4S. The van der Waals surface area contributed by atoms with Crippen LogP contribution in [0.5, 0.6) is 0 Å². The molecular weight excluding hydrogens is 292 g/mol. The Morgan fingerprint density at radius 2 is 2.00 bits per heavy atom. The predicted molar refractivity (Wildman–Crippen MR) is 65.9 cm³/mol. The summed E-state index contributed by atoms with van der Waals surface area (Å²) in [4.78, 5) is 10.0. The second-order valence-corrected chi connectivity index (χ2v) is 6.34. The summed E-state index contributed by atoms with van der Waals surface area (Å²) in [6.45, 7) is 1.75. The lowest BCUT2D eigenvalue weighted by molar-refractivity contribution is 0.0685. The first-order chi connectivity index (χ1) is 9.30. The second-order valence-electron chi connectivity index (χ2n) is 4.48. The SMILES string of the molecule is CCN(C1CC1)S(=O)(=O)c1ccc(F)c(C(=O)O)c1F. The van der Waals surface area contributed by atoms with E-state index in [1.165, 1.54) is 0 Å². The third kappa shape index (κ3) is 2.40. The van der Waals surface area contributed by atoms with E-state index in [0.29, 0.717) is 18.9 Å². The van der Waals surface area contributed by atoms with Gasteiger partial charge in [0, 0.05) is 12.6 Å². The molecule has 1 aliphatic carbocycles. The number of carboxylic acid groups (broad SMARTS) is 1. The number of hydrogen-bond donors (Lipinski definition) is 1. The molecule has 2 rings (SSSR count). The van der Waals surface area contributed by atoms with Gasteiger partial charge in [0.25, 0.3) is 0 Å². The molecule has 0 heterocycles. The van der Waals surface area contributed by atoms with Gasteiger partial charge in [-0.1, -0.05) is 6.92 Å². The summed E-state index contributed by atoms with van der Waals surface area (Å²) in [6.07, 6.45) is 1.36. The van der Waals surface area contributed by atoms with Crippen molar-refractivity contribution in [2.75, 3.05) is 6.54 Å². The quantitative estimate of drug-likeness (QED) is 0.900. The number of carboxylic acids is 1. The molecule has 0 saturated heterocycles. The van der Waals surface area contributed by atoms with E-state index >= 15 is 0 Å². The smallest absolute Gasteiger partial charge is 0.341 e. The molecule has 0 aliphatic heterocycles. The zero-order valence-corrected chi connectivity index (χ0v) is 11.5. The molecule has 0 unspecified atom stereocenters. The highest BCUT2D eigenvalue weighted by Crippen LogP contribution is 2.33. The molecule has 0 radical (unpaired) electrons. The molecule has 1 N–H and O–H groups in total. The summed E-state index contributed by atoms with van der Waals surface area (Å²) >= 11 is 0. The maximum absolute atomic E-state index is 14.0. The van der Waals surface area contributed by atoms with Crippen molar-refractivity contribution >= 4 is 16.0 Å². The third-order valence-electron chi connectivity index (χ3n) is 3.12. The van der Waals surface area contributed by atoms with Gasteiger partial charge >= 0.3 is 5.97 Å². The van der Waals surface area contributed by atoms with Gasteiger partial charge in [-0.15, -0.1) is 0 Å². The van der Waals surface area contributed by atoms with Crippen LogP contribution in [-0.4, -0.2) is 36.4 Å². The van der Waals surface area contributed by atoms with Crippen molar-refractivity contribution in [3.63, 3.8) is 0 Å². The van der Waals surface area contributed by atoms with E-state index in [4.69, 9.17) is 5.11 Å². The van der Waals surface area contributed by atoms with E-state index in [-0.39, 0.29) is 12.6 Å². The first-order valence-electron chi connectivity index (χ1n) is 6.03. The zero-order valence-electron chi connectivity index (χ0n) is 10.6. The highest BCUT2D eigenvalue weighted by atomic mass is 32.2. The summed E-state index contributed by atoms with van der Waals surface area (Å²) in [7, 11) is -4.16. The average molecular weight is 305 g/mol. The minimum atomic E-state index is -4.16. The van der Waals surface area contributed by atoms with Crippen molar-refractivity contribution in [3.8, 4) is 0 Å². The Hall–Kier alpha value is -1.54. The van der Waals surface area contributed by atoms with E-state index in [2.05, 4.69) is 0 Å². The fourth-order valence-corrected chi connectivity index (χ4v) is 3.81. The molecule has 20 heavy (non-hydrogen) atoms. The largest absolute Gasteiger partial charge is 0.477 e. The third-order valence-corrected chi connectivity index (χ3v) is 5.17. The molecule has 1 aromatic rings. The van der Waals surface area contributed by atoms with Gasteiger partial charge in [0.1, 0.15) is 16.3 Å². The van der Waals surface area contributed by atoms with Crippen LogP contribution < -0.4 is 0 Å². The van der Waals surface area contributed by atoms with Crippen molar-refractivity contribution in [3.05, 3.63) is 29.3 Å². The van der Waals surface area contributed by atoms with E-state index < -0.39 is 38.1 Å². The van der Waals surface area contributed by atoms with Crippen molar-refractivity contribution in [2.45, 2.75) is 30.7 Å². The Bertz CT molecular complexity index is 656. The van der Waals surface area contributed by atoms with Crippen LogP contribution in [0.15, 0.2) is 17.0 Å². The molecule has 110 valence electrons. The lowest BCUT2D eigenvalue weighted by Crippen LogP contribution is -2.33. The Kier molecular flexibility index (Phi) is 3.79. The van der Waals surface area contributed by atoms with Crippen molar-refractivity contribution < 1.29 is 27.1 Å². The van der Waals surface area contributed by atoms with Crippen LogP contribution in [0, 0.1) is 11.6 Å². The van der Waals surface area contributed by atoms with Crippen molar-refractivity contribution in [2.24, 2.45) is 0 Å². The van der Waals surface area contributed by atoms with Gasteiger partial charge in [0.05, 0.1) is 0 Å². The van der Waals surface area contributed by atoms with Gasteiger partial charge in [0.2, 0.25) is 10.0 Å². The highest BCUT2D eigenvalue weighted by Gasteiger charge is 2.39. The first kappa shape index (κ1) is 14.9. The van der Waals surface area contributed by atoms with Crippen LogP contribution in [-0.2, 0) is 10.0 Å².